The summed E-state index contributed by atoms with van der Waals surface area (Å²) in [5.41, 5.74) is -0.909. The topological polar surface area (TPSA) is 96.2 Å². The van der Waals surface area contributed by atoms with Gasteiger partial charge in [-0.1, -0.05) is 0 Å². The second-order valence-electron chi connectivity index (χ2n) is 5.34. The zero-order valence-corrected chi connectivity index (χ0v) is 12.7. The third kappa shape index (κ3) is 3.29. The molecule has 2 aromatic rings. The summed E-state index contributed by atoms with van der Waals surface area (Å²) >= 11 is 0. The molecule has 1 unspecified atom stereocenters. The zero-order valence-electron chi connectivity index (χ0n) is 12.7. The van der Waals surface area contributed by atoms with Gasteiger partial charge in [0.1, 0.15) is 11.3 Å². The van der Waals surface area contributed by atoms with E-state index in [0.29, 0.717) is 0 Å². The molecule has 0 spiro atoms. The van der Waals surface area contributed by atoms with E-state index in [9.17, 15) is 22.8 Å². The number of aromatic amines is 1. The normalized spacial score (nSPS) is 13.9. The van der Waals surface area contributed by atoms with Gasteiger partial charge in [-0.05, 0) is 7.05 Å². The Morgan fingerprint density at radius 3 is 2.48 bits per heavy atom. The molecule has 0 amide bonds. The fraction of sp³-hybridized carbons (Fsp3) is 0.583. The van der Waals surface area contributed by atoms with Crippen LogP contribution in [0, 0.1) is 0 Å². The smallest absolute Gasteiger partial charge is 0.382 e. The highest BCUT2D eigenvalue weighted by Crippen LogP contribution is 2.20. The maximum absolute atomic E-state index is 12.3. The summed E-state index contributed by atoms with van der Waals surface area (Å²) in [7, 11) is 4.13. The standard InChI is InChI=1S/C12H16F3N5O3/c1-18(4-6(21)12(13,14)15)5-7-16-8-9(17-7)19(2)11(23)20(3)10(8)22/h6,21H,4-5H2,1-3H3,(H,16,17). The van der Waals surface area contributed by atoms with Crippen LogP contribution in [0.25, 0.3) is 11.2 Å². The number of aromatic nitrogens is 4. The highest BCUT2D eigenvalue weighted by Gasteiger charge is 2.38. The quantitative estimate of drug-likeness (QED) is 0.771. The maximum Gasteiger partial charge on any atom is 0.415 e. The molecule has 2 N–H and O–H groups in total. The number of H-pyrrole nitrogens is 1. The van der Waals surface area contributed by atoms with Crippen molar-refractivity contribution in [2.75, 3.05) is 13.6 Å². The molecular formula is C12H16F3N5O3. The minimum absolute atomic E-state index is 0.0564. The molecule has 0 saturated heterocycles. The van der Waals surface area contributed by atoms with Gasteiger partial charge in [0.25, 0.3) is 5.56 Å². The van der Waals surface area contributed by atoms with E-state index >= 15 is 0 Å². The molecule has 0 radical (unpaired) electrons. The molecule has 128 valence electrons. The molecule has 11 heteroatoms. The summed E-state index contributed by atoms with van der Waals surface area (Å²) in [6, 6.07) is 0. The lowest BCUT2D eigenvalue weighted by molar-refractivity contribution is -0.207. The van der Waals surface area contributed by atoms with Crippen molar-refractivity contribution in [3.05, 3.63) is 26.7 Å². The molecule has 0 aromatic carbocycles. The summed E-state index contributed by atoms with van der Waals surface area (Å²) < 4.78 is 39.1. The molecule has 2 rings (SSSR count). The third-order valence-corrected chi connectivity index (χ3v) is 3.43. The molecule has 0 saturated carbocycles. The fourth-order valence-electron chi connectivity index (χ4n) is 2.17. The van der Waals surface area contributed by atoms with Crippen molar-refractivity contribution >= 4 is 11.2 Å². The van der Waals surface area contributed by atoms with E-state index in [1.54, 1.807) is 0 Å². The second-order valence-corrected chi connectivity index (χ2v) is 5.34. The van der Waals surface area contributed by atoms with Crippen molar-refractivity contribution in [1.29, 1.82) is 0 Å². The third-order valence-electron chi connectivity index (χ3n) is 3.43. The van der Waals surface area contributed by atoms with Gasteiger partial charge in [0.15, 0.2) is 11.8 Å². The van der Waals surface area contributed by atoms with E-state index in [0.717, 1.165) is 4.57 Å². The van der Waals surface area contributed by atoms with Crippen LogP contribution in [0.3, 0.4) is 0 Å². The van der Waals surface area contributed by atoms with Crippen LogP contribution in [-0.4, -0.2) is 55.0 Å². The van der Waals surface area contributed by atoms with Gasteiger partial charge in [0.2, 0.25) is 0 Å². The van der Waals surface area contributed by atoms with Gasteiger partial charge in [-0.25, -0.2) is 9.78 Å². The molecule has 0 aliphatic carbocycles. The minimum Gasteiger partial charge on any atom is -0.382 e. The Balaban J connectivity index is 2.29. The summed E-state index contributed by atoms with van der Waals surface area (Å²) in [6.07, 6.45) is -7.18. The molecule has 1 atom stereocenters. The zero-order chi connectivity index (χ0) is 17.5. The number of aryl methyl sites for hydroxylation is 1. The van der Waals surface area contributed by atoms with Gasteiger partial charge < -0.3 is 10.1 Å². The number of aliphatic hydroxyl groups excluding tert-OH is 1. The van der Waals surface area contributed by atoms with Crippen LogP contribution in [-0.2, 0) is 20.6 Å². The monoisotopic (exact) mass is 335 g/mol. The largest absolute Gasteiger partial charge is 0.415 e. The number of rotatable bonds is 4. The highest BCUT2D eigenvalue weighted by molar-refractivity contribution is 5.69. The molecule has 8 nitrogen and oxygen atoms in total. The van der Waals surface area contributed by atoms with Gasteiger partial charge in [0, 0.05) is 20.6 Å². The Morgan fingerprint density at radius 2 is 1.91 bits per heavy atom. The predicted octanol–water partition coefficient (Wildman–Crippen LogP) is -0.685. The lowest BCUT2D eigenvalue weighted by Gasteiger charge is -2.21. The van der Waals surface area contributed by atoms with Crippen LogP contribution < -0.4 is 11.2 Å². The van der Waals surface area contributed by atoms with E-state index in [1.165, 1.54) is 30.6 Å². The first-order chi connectivity index (χ1) is 10.5. The molecule has 2 heterocycles. The number of aliphatic hydroxyl groups is 1. The fourth-order valence-corrected chi connectivity index (χ4v) is 2.17. The Kier molecular flexibility index (Phi) is 4.35. The molecule has 2 aromatic heterocycles. The van der Waals surface area contributed by atoms with Crippen LogP contribution in [0.1, 0.15) is 5.82 Å². The maximum atomic E-state index is 12.3. The first kappa shape index (κ1) is 17.2. The van der Waals surface area contributed by atoms with Gasteiger partial charge in [0.05, 0.1) is 6.54 Å². The van der Waals surface area contributed by atoms with E-state index < -0.39 is 30.1 Å². The lowest BCUT2D eigenvalue weighted by Crippen LogP contribution is -2.39. The molecule has 0 fully saturated rings. The Morgan fingerprint density at radius 1 is 1.30 bits per heavy atom. The SMILES string of the molecule is CN(Cc1nc2c([nH]1)c(=O)n(C)c(=O)n2C)CC(O)C(F)(F)F. The number of fused-ring (bicyclic) bond motifs is 1. The van der Waals surface area contributed by atoms with Gasteiger partial charge in [-0.3, -0.25) is 18.8 Å². The van der Waals surface area contributed by atoms with Crippen LogP contribution >= 0.6 is 0 Å². The Bertz CT molecular complexity index is 835. The summed E-state index contributed by atoms with van der Waals surface area (Å²) in [6.45, 7) is -0.698. The first-order valence-corrected chi connectivity index (χ1v) is 6.60. The number of nitrogens with zero attached hydrogens (tertiary/aromatic N) is 4. The van der Waals surface area contributed by atoms with Crippen molar-refractivity contribution in [3.63, 3.8) is 0 Å². The number of hydrogen-bond donors (Lipinski definition) is 2. The number of nitrogens with one attached hydrogen (secondary N) is 1. The van der Waals surface area contributed by atoms with Crippen molar-refractivity contribution in [1.82, 2.24) is 24.0 Å². The lowest BCUT2D eigenvalue weighted by atomic mass is 10.3. The van der Waals surface area contributed by atoms with E-state index in [1.807, 2.05) is 0 Å². The average molecular weight is 335 g/mol. The van der Waals surface area contributed by atoms with Crippen molar-refractivity contribution in [3.8, 4) is 0 Å². The molecule has 0 aliphatic rings. The first-order valence-electron chi connectivity index (χ1n) is 6.60. The van der Waals surface area contributed by atoms with E-state index in [4.69, 9.17) is 5.11 Å². The number of halogens is 3. The van der Waals surface area contributed by atoms with Crippen LogP contribution in [0.4, 0.5) is 13.2 Å². The van der Waals surface area contributed by atoms with Gasteiger partial charge in [-0.15, -0.1) is 0 Å². The second kappa shape index (κ2) is 5.81. The molecular weight excluding hydrogens is 319 g/mol. The van der Waals surface area contributed by atoms with Crippen LogP contribution in [0.5, 0.6) is 0 Å². The van der Waals surface area contributed by atoms with Crippen molar-refractivity contribution in [2.45, 2.75) is 18.8 Å². The summed E-state index contributed by atoms with van der Waals surface area (Å²) in [5.74, 6) is 0.218. The van der Waals surface area contributed by atoms with E-state index in [2.05, 4.69) is 9.97 Å². The number of hydrogen-bond acceptors (Lipinski definition) is 5. The number of imidazole rings is 1. The van der Waals surface area contributed by atoms with Gasteiger partial charge in [-0.2, -0.15) is 13.2 Å². The van der Waals surface area contributed by atoms with Crippen molar-refractivity contribution < 1.29 is 18.3 Å². The number of likely N-dealkylation sites (N-methyl/N-ethyl adjacent to an activating group) is 1. The van der Waals surface area contributed by atoms with E-state index in [-0.39, 0.29) is 23.5 Å². The Labute approximate surface area is 127 Å². The predicted molar refractivity (Wildman–Crippen MR) is 75.0 cm³/mol. The van der Waals surface area contributed by atoms with Crippen LogP contribution in [0.2, 0.25) is 0 Å². The summed E-state index contributed by atoms with van der Waals surface area (Å²) in [5, 5.41) is 9.04. The van der Waals surface area contributed by atoms with Crippen LogP contribution in [0.15, 0.2) is 9.59 Å². The molecule has 0 aliphatic heterocycles. The highest BCUT2D eigenvalue weighted by atomic mass is 19.4. The minimum atomic E-state index is -4.71. The van der Waals surface area contributed by atoms with Crippen molar-refractivity contribution in [2.24, 2.45) is 14.1 Å². The average Bonchev–Trinajstić information content (AvgIpc) is 2.85. The Hall–Kier alpha value is -2.14. The number of alkyl halides is 3. The molecule has 0 bridgehead atoms. The van der Waals surface area contributed by atoms with Gasteiger partial charge >= 0.3 is 11.9 Å². The summed E-state index contributed by atoms with van der Waals surface area (Å²) in [4.78, 5) is 31.8. The molecule has 23 heavy (non-hydrogen) atoms.